The molecule has 0 bridgehead atoms. The fraction of sp³-hybridized carbons (Fsp3) is 0.879. The predicted molar refractivity (Wildman–Crippen MR) is 289 cm³/mol. The number of carbonyl (C=O) groups excluding carboxylic acids is 3. The molecule has 0 amide bonds. The zero-order valence-corrected chi connectivity index (χ0v) is 46.4. The molecule has 0 rings (SSSR count). The van der Waals surface area contributed by atoms with Crippen molar-refractivity contribution < 1.29 is 52.2 Å². The maximum atomic E-state index is 12.9. The zero-order chi connectivity index (χ0) is 51.3. The summed E-state index contributed by atoms with van der Waals surface area (Å²) in [6.45, 7) is 4.60. The van der Waals surface area contributed by atoms with E-state index in [1.54, 1.807) is 0 Å². The summed E-state index contributed by atoms with van der Waals surface area (Å²) in [4.78, 5) is 48.4. The van der Waals surface area contributed by atoms with Crippen molar-refractivity contribution in [2.24, 2.45) is 0 Å². The van der Waals surface area contributed by atoms with Gasteiger partial charge in [0, 0.05) is 19.3 Å². The van der Waals surface area contributed by atoms with E-state index in [-0.39, 0.29) is 25.9 Å². The lowest BCUT2D eigenvalue weighted by Crippen LogP contribution is -2.30. The van der Waals surface area contributed by atoms with Crippen molar-refractivity contribution in [1.29, 1.82) is 0 Å². The number of hydrogen-bond donors (Lipinski definition) is 2. The Bertz CT molecular complexity index is 1270. The molecule has 3 atom stereocenters. The highest BCUT2D eigenvalue weighted by Crippen LogP contribution is 2.43. The van der Waals surface area contributed by atoms with Crippen LogP contribution in [0.4, 0.5) is 0 Å². The van der Waals surface area contributed by atoms with E-state index >= 15 is 0 Å². The highest BCUT2D eigenvalue weighted by molar-refractivity contribution is 7.47. The standard InChI is InChI=1S/C58H109O11P/c1-4-7-10-13-16-19-22-24-25-26-27-28-29-31-33-35-38-41-44-47-56(60)65-51-55(69-58(62)49-46-43-40-37-34-30-23-20-17-14-11-8-5-2)53-67-70(63,64)66-52-54(50-59)68-57(61)48-45-42-39-36-32-21-18-15-12-9-6-3/h11,14,20,23,54-55,59H,4-10,12-13,15-19,21-22,24-53H2,1-3H3,(H,63,64)/b14-11-,23-20-. The van der Waals surface area contributed by atoms with E-state index in [1.807, 2.05) is 0 Å². The Morgan fingerprint density at radius 1 is 0.400 bits per heavy atom. The molecule has 0 fully saturated rings. The Morgan fingerprint density at radius 2 is 0.729 bits per heavy atom. The number of rotatable bonds is 55. The Kier molecular flexibility index (Phi) is 51.7. The van der Waals surface area contributed by atoms with Gasteiger partial charge < -0.3 is 24.2 Å². The first-order chi connectivity index (χ1) is 34.2. The Morgan fingerprint density at radius 3 is 1.11 bits per heavy atom. The lowest BCUT2D eigenvalue weighted by atomic mass is 10.0. The summed E-state index contributed by atoms with van der Waals surface area (Å²) < 4.78 is 39.5. The lowest BCUT2D eigenvalue weighted by Gasteiger charge is -2.21. The maximum absolute atomic E-state index is 12.9. The molecule has 2 N–H and O–H groups in total. The van der Waals surface area contributed by atoms with Gasteiger partial charge in [-0.25, -0.2) is 4.57 Å². The minimum Gasteiger partial charge on any atom is -0.462 e. The molecular weight excluding hydrogens is 904 g/mol. The molecule has 0 heterocycles. The van der Waals surface area contributed by atoms with Gasteiger partial charge in [-0.3, -0.25) is 23.4 Å². The number of aliphatic hydroxyl groups excluding tert-OH is 1. The highest BCUT2D eigenvalue weighted by atomic mass is 31.2. The Balaban J connectivity index is 4.65. The van der Waals surface area contributed by atoms with Crippen molar-refractivity contribution in [2.45, 2.75) is 303 Å². The molecule has 0 aromatic carbocycles. The zero-order valence-electron chi connectivity index (χ0n) is 45.5. The average Bonchev–Trinajstić information content (AvgIpc) is 3.35. The van der Waals surface area contributed by atoms with E-state index in [0.29, 0.717) is 19.3 Å². The van der Waals surface area contributed by atoms with Crippen LogP contribution in [0.15, 0.2) is 24.3 Å². The summed E-state index contributed by atoms with van der Waals surface area (Å²) in [5.74, 6) is -1.46. The van der Waals surface area contributed by atoms with Gasteiger partial charge in [-0.15, -0.1) is 0 Å². The summed E-state index contributed by atoms with van der Waals surface area (Å²) in [6, 6.07) is 0. The van der Waals surface area contributed by atoms with Gasteiger partial charge in [0.1, 0.15) is 12.7 Å². The minimum absolute atomic E-state index is 0.157. The van der Waals surface area contributed by atoms with Crippen LogP contribution in [0.25, 0.3) is 0 Å². The number of aliphatic hydroxyl groups is 1. The molecule has 70 heavy (non-hydrogen) atoms. The summed E-state index contributed by atoms with van der Waals surface area (Å²) in [5.41, 5.74) is 0. The van der Waals surface area contributed by atoms with E-state index < -0.39 is 57.8 Å². The van der Waals surface area contributed by atoms with Crippen LogP contribution in [0.5, 0.6) is 0 Å². The molecule has 11 nitrogen and oxygen atoms in total. The Hall–Kier alpha value is -2.04. The average molecular weight is 1010 g/mol. The van der Waals surface area contributed by atoms with Crippen LogP contribution in [0.2, 0.25) is 0 Å². The maximum Gasteiger partial charge on any atom is 0.472 e. The summed E-state index contributed by atoms with van der Waals surface area (Å²) >= 11 is 0. The molecule has 412 valence electrons. The molecule has 0 aromatic heterocycles. The molecule has 0 aliphatic heterocycles. The summed E-state index contributed by atoms with van der Waals surface area (Å²) in [7, 11) is -4.74. The van der Waals surface area contributed by atoms with Crippen LogP contribution in [-0.2, 0) is 42.2 Å². The molecule has 0 aromatic rings. The van der Waals surface area contributed by atoms with Crippen molar-refractivity contribution in [3.63, 3.8) is 0 Å². The molecule has 0 spiro atoms. The first-order valence-corrected chi connectivity index (χ1v) is 30.7. The first kappa shape index (κ1) is 68.0. The molecule has 12 heteroatoms. The monoisotopic (exact) mass is 1010 g/mol. The Labute approximate surface area is 429 Å². The molecule has 0 saturated carbocycles. The number of hydrogen-bond acceptors (Lipinski definition) is 10. The normalized spacial score (nSPS) is 13.5. The van der Waals surface area contributed by atoms with Crippen LogP contribution in [0.3, 0.4) is 0 Å². The topological polar surface area (TPSA) is 155 Å². The van der Waals surface area contributed by atoms with Crippen LogP contribution < -0.4 is 0 Å². The van der Waals surface area contributed by atoms with Crippen LogP contribution in [0, 0.1) is 0 Å². The predicted octanol–water partition coefficient (Wildman–Crippen LogP) is 17.0. The second-order valence-electron chi connectivity index (χ2n) is 19.8. The fourth-order valence-electron chi connectivity index (χ4n) is 8.40. The molecule has 0 radical (unpaired) electrons. The third kappa shape index (κ3) is 50.9. The van der Waals surface area contributed by atoms with Crippen molar-refractivity contribution in [2.75, 3.05) is 26.4 Å². The molecule has 3 unspecified atom stereocenters. The molecule has 0 saturated heterocycles. The number of carbonyl (C=O) groups is 3. The van der Waals surface area contributed by atoms with Crippen molar-refractivity contribution in [3.05, 3.63) is 24.3 Å². The van der Waals surface area contributed by atoms with Gasteiger partial charge >= 0.3 is 25.7 Å². The SMILES string of the molecule is CCC/C=C\C/C=C\CCCCCCCC(=O)OC(COC(=O)CCCCCCCCCCCCCCCCCCCCC)COP(=O)(O)OCC(CO)OC(=O)CCCCCCCCCCCCC. The highest BCUT2D eigenvalue weighted by Gasteiger charge is 2.28. The van der Waals surface area contributed by atoms with Crippen LogP contribution in [-0.4, -0.2) is 66.5 Å². The number of esters is 3. The van der Waals surface area contributed by atoms with Gasteiger partial charge in [0.15, 0.2) is 6.10 Å². The first-order valence-electron chi connectivity index (χ1n) is 29.2. The van der Waals surface area contributed by atoms with Gasteiger partial charge in [0.25, 0.3) is 0 Å². The van der Waals surface area contributed by atoms with E-state index in [1.165, 1.54) is 148 Å². The number of allylic oxidation sites excluding steroid dienone is 4. The van der Waals surface area contributed by atoms with Crippen LogP contribution in [0.1, 0.15) is 290 Å². The second kappa shape index (κ2) is 53.3. The molecule has 0 aliphatic carbocycles. The number of ether oxygens (including phenoxy) is 3. The largest absolute Gasteiger partial charge is 0.472 e. The molecular formula is C58H109O11P. The van der Waals surface area contributed by atoms with E-state index in [4.69, 9.17) is 23.3 Å². The number of unbranched alkanes of at least 4 members (excludes halogenated alkanes) is 34. The summed E-state index contributed by atoms with van der Waals surface area (Å²) in [6.07, 6.45) is 52.9. The third-order valence-electron chi connectivity index (χ3n) is 12.9. The van der Waals surface area contributed by atoms with Gasteiger partial charge in [-0.1, -0.05) is 251 Å². The van der Waals surface area contributed by atoms with Crippen molar-refractivity contribution in [1.82, 2.24) is 0 Å². The second-order valence-corrected chi connectivity index (χ2v) is 21.3. The number of phosphoric acid groups is 1. The van der Waals surface area contributed by atoms with E-state index in [0.717, 1.165) is 83.5 Å². The van der Waals surface area contributed by atoms with Gasteiger partial charge in [-0.05, 0) is 44.9 Å². The minimum atomic E-state index is -4.74. The van der Waals surface area contributed by atoms with Gasteiger partial charge in [-0.2, -0.15) is 0 Å². The quantitative estimate of drug-likeness (QED) is 0.0197. The van der Waals surface area contributed by atoms with Gasteiger partial charge in [0.05, 0.1) is 19.8 Å². The van der Waals surface area contributed by atoms with Crippen molar-refractivity contribution in [3.8, 4) is 0 Å². The van der Waals surface area contributed by atoms with E-state index in [9.17, 15) is 28.9 Å². The van der Waals surface area contributed by atoms with Gasteiger partial charge in [0.2, 0.25) is 0 Å². The lowest BCUT2D eigenvalue weighted by molar-refractivity contribution is -0.161. The smallest absolute Gasteiger partial charge is 0.462 e. The van der Waals surface area contributed by atoms with Crippen LogP contribution >= 0.6 is 7.82 Å². The molecule has 0 aliphatic rings. The number of phosphoric ester groups is 1. The third-order valence-corrected chi connectivity index (χ3v) is 13.8. The summed E-state index contributed by atoms with van der Waals surface area (Å²) in [5, 5.41) is 9.79. The fourth-order valence-corrected chi connectivity index (χ4v) is 9.18. The van der Waals surface area contributed by atoms with E-state index in [2.05, 4.69) is 45.1 Å². The van der Waals surface area contributed by atoms with Crippen molar-refractivity contribution >= 4 is 25.7 Å².